The van der Waals surface area contributed by atoms with Crippen LogP contribution < -0.4 is 24.0 Å². The van der Waals surface area contributed by atoms with Crippen LogP contribution in [0.5, 0.6) is 0 Å². The van der Waals surface area contributed by atoms with Crippen molar-refractivity contribution >= 4 is 5.97 Å². The average molecular weight is 136 g/mol. The van der Waals surface area contributed by atoms with E-state index in [0.717, 1.165) is 13.2 Å². The first-order valence-electron chi connectivity index (χ1n) is 3.06. The molecule has 0 atom stereocenters. The van der Waals surface area contributed by atoms with Gasteiger partial charge < -0.3 is 14.6 Å². The molecule has 0 N–H and O–H groups in total. The van der Waals surface area contributed by atoms with E-state index in [2.05, 4.69) is 0 Å². The maximum atomic E-state index is 9.89. The molecule has 0 aromatic heterocycles. The summed E-state index contributed by atoms with van der Waals surface area (Å²) in [5.74, 6) is -0.482. The Balaban J connectivity index is 0.000000810. The van der Waals surface area contributed by atoms with Crippen LogP contribution in [0, 0.1) is 5.92 Å². The summed E-state index contributed by atoms with van der Waals surface area (Å²) in [4.78, 5) is 9.89. The molecule has 52 valence electrons. The maximum Gasteiger partial charge on any atom is 1.00 e. The molecule has 0 saturated carbocycles. The molecule has 1 aliphatic rings. The number of carbonyl (C=O) groups is 1. The van der Waals surface area contributed by atoms with Gasteiger partial charge in [0.05, 0.1) is 13.2 Å². The summed E-state index contributed by atoms with van der Waals surface area (Å²) in [5.41, 5.74) is 0. The summed E-state index contributed by atoms with van der Waals surface area (Å²) in [6, 6.07) is 0. The molecular weight excluding hydrogens is 127 g/mol. The zero-order chi connectivity index (χ0) is 6.69. The molecule has 0 aromatic rings. The minimum atomic E-state index is -0.957. The summed E-state index contributed by atoms with van der Waals surface area (Å²) in [6.45, 7) is 1.46. The van der Waals surface area contributed by atoms with Crippen molar-refractivity contribution < 1.29 is 33.5 Å². The van der Waals surface area contributed by atoms with E-state index >= 15 is 0 Å². The predicted octanol–water partition coefficient (Wildman–Crippen LogP) is -3.83. The zero-order valence-electron chi connectivity index (χ0n) is 6.13. The number of carboxylic acid groups (broad SMARTS) is 1. The van der Waals surface area contributed by atoms with Gasteiger partial charge in [-0.05, 0) is 12.8 Å². The summed E-state index contributed by atoms with van der Waals surface area (Å²) in [6.07, 6.45) is 0.885. The van der Waals surface area contributed by atoms with Crippen LogP contribution in [0.25, 0.3) is 0 Å². The fraction of sp³-hybridized carbons (Fsp3) is 0.833. The predicted molar refractivity (Wildman–Crippen MR) is 28.5 cm³/mol. The first-order valence-corrected chi connectivity index (χ1v) is 3.06. The van der Waals surface area contributed by atoms with Crippen LogP contribution in [0.1, 0.15) is 12.8 Å². The fourth-order valence-corrected chi connectivity index (χ4v) is 0.773. The van der Waals surface area contributed by atoms with Gasteiger partial charge in [0.1, 0.15) is 0 Å². The van der Waals surface area contributed by atoms with E-state index in [1.807, 2.05) is 0 Å². The Morgan fingerprint density at radius 2 is 2.20 bits per heavy atom. The number of carboxylic acids is 1. The molecule has 1 saturated heterocycles. The molecule has 0 spiro atoms. The molecule has 1 heterocycles. The van der Waals surface area contributed by atoms with Gasteiger partial charge in [0, 0.05) is 11.9 Å². The van der Waals surface area contributed by atoms with Crippen molar-refractivity contribution in [1.29, 1.82) is 0 Å². The van der Waals surface area contributed by atoms with Crippen LogP contribution in [0.2, 0.25) is 0 Å². The summed E-state index contributed by atoms with van der Waals surface area (Å²) >= 11 is 0. The van der Waals surface area contributed by atoms with E-state index in [-0.39, 0.29) is 25.3 Å². The fourth-order valence-electron chi connectivity index (χ4n) is 0.773. The number of ether oxygens (including phenoxy) is 1. The van der Waals surface area contributed by atoms with E-state index in [0.29, 0.717) is 12.3 Å². The molecule has 0 unspecified atom stereocenters. The van der Waals surface area contributed by atoms with Crippen molar-refractivity contribution in [2.75, 3.05) is 13.2 Å². The van der Waals surface area contributed by atoms with Gasteiger partial charge >= 0.3 is 18.9 Å². The normalized spacial score (nSPS) is 17.2. The van der Waals surface area contributed by atoms with Gasteiger partial charge in [-0.25, -0.2) is 0 Å². The van der Waals surface area contributed by atoms with Crippen molar-refractivity contribution in [2.24, 2.45) is 5.92 Å². The molecule has 0 aromatic carbocycles. The number of hydrogen-bond acceptors (Lipinski definition) is 3. The maximum absolute atomic E-state index is 9.89. The topological polar surface area (TPSA) is 49.4 Å². The number of rotatable bonds is 3. The minimum absolute atomic E-state index is 0. The summed E-state index contributed by atoms with van der Waals surface area (Å²) in [5, 5.41) is 9.89. The Labute approximate surface area is 71.9 Å². The second-order valence-corrected chi connectivity index (χ2v) is 2.31. The van der Waals surface area contributed by atoms with E-state index in [1.165, 1.54) is 0 Å². The Hall–Kier alpha value is 0.0274. The van der Waals surface area contributed by atoms with Gasteiger partial charge in [0.2, 0.25) is 0 Å². The van der Waals surface area contributed by atoms with E-state index < -0.39 is 5.97 Å². The second kappa shape index (κ2) is 4.78. The molecular formula is C6H9LiO3. The van der Waals surface area contributed by atoms with Gasteiger partial charge in [-0.3, -0.25) is 0 Å². The number of carbonyl (C=O) groups excluding carboxylic acids is 1. The molecule has 3 nitrogen and oxygen atoms in total. The Bertz CT molecular complexity index is 112. The summed E-state index contributed by atoms with van der Waals surface area (Å²) in [7, 11) is 0. The quantitative estimate of drug-likeness (QED) is 0.373. The first-order chi connectivity index (χ1) is 4.29. The van der Waals surface area contributed by atoms with Gasteiger partial charge in [-0.15, -0.1) is 0 Å². The molecule has 1 aliphatic heterocycles. The van der Waals surface area contributed by atoms with E-state index in [1.54, 1.807) is 0 Å². The van der Waals surface area contributed by atoms with Gasteiger partial charge in [-0.1, -0.05) is 0 Å². The number of hydrogen-bond donors (Lipinski definition) is 0. The van der Waals surface area contributed by atoms with Crippen LogP contribution in [0.3, 0.4) is 0 Å². The van der Waals surface area contributed by atoms with Crippen molar-refractivity contribution in [3.8, 4) is 0 Å². The SMILES string of the molecule is O=C([O-])CCC1COC1.[Li+]. The molecule has 0 amide bonds. The van der Waals surface area contributed by atoms with Gasteiger partial charge in [0.15, 0.2) is 0 Å². The van der Waals surface area contributed by atoms with Crippen LogP contribution in [0.15, 0.2) is 0 Å². The largest absolute Gasteiger partial charge is 1.00 e. The Morgan fingerprint density at radius 3 is 2.50 bits per heavy atom. The third-order valence-corrected chi connectivity index (χ3v) is 1.46. The molecule has 0 aliphatic carbocycles. The third kappa shape index (κ3) is 3.26. The smallest absolute Gasteiger partial charge is 0.550 e. The number of aliphatic carboxylic acids is 1. The monoisotopic (exact) mass is 136 g/mol. The Kier molecular flexibility index (Phi) is 4.80. The van der Waals surface area contributed by atoms with Crippen molar-refractivity contribution in [2.45, 2.75) is 12.8 Å². The van der Waals surface area contributed by atoms with Crippen LogP contribution in [0.4, 0.5) is 0 Å². The minimum Gasteiger partial charge on any atom is -0.550 e. The molecule has 1 fully saturated rings. The Morgan fingerprint density at radius 1 is 1.60 bits per heavy atom. The van der Waals surface area contributed by atoms with Crippen molar-refractivity contribution in [3.05, 3.63) is 0 Å². The standard InChI is InChI=1S/C6H10O3.Li/c7-6(8)2-1-5-3-9-4-5;/h5H,1-4H2,(H,7,8);/q;+1/p-1. The molecule has 4 heteroatoms. The average Bonchev–Trinajstić information content (AvgIpc) is 1.60. The van der Waals surface area contributed by atoms with Crippen LogP contribution in [-0.4, -0.2) is 19.2 Å². The van der Waals surface area contributed by atoms with E-state index in [9.17, 15) is 9.90 Å². The molecule has 1 rings (SSSR count). The summed E-state index contributed by atoms with van der Waals surface area (Å²) < 4.78 is 4.85. The molecule has 10 heavy (non-hydrogen) atoms. The molecule has 0 radical (unpaired) electrons. The first kappa shape index (κ1) is 10.0. The zero-order valence-corrected chi connectivity index (χ0v) is 6.13. The second-order valence-electron chi connectivity index (χ2n) is 2.31. The molecule has 0 bridgehead atoms. The van der Waals surface area contributed by atoms with Gasteiger partial charge in [-0.2, -0.15) is 0 Å². The third-order valence-electron chi connectivity index (χ3n) is 1.46. The van der Waals surface area contributed by atoms with Gasteiger partial charge in [0.25, 0.3) is 0 Å². The van der Waals surface area contributed by atoms with Crippen molar-refractivity contribution in [3.63, 3.8) is 0 Å². The van der Waals surface area contributed by atoms with E-state index in [4.69, 9.17) is 4.74 Å². The van der Waals surface area contributed by atoms with Crippen molar-refractivity contribution in [1.82, 2.24) is 0 Å². The van der Waals surface area contributed by atoms with Crippen LogP contribution >= 0.6 is 0 Å². The van der Waals surface area contributed by atoms with Crippen LogP contribution in [-0.2, 0) is 9.53 Å².